The van der Waals surface area contributed by atoms with Crippen LogP contribution < -0.4 is 11.1 Å². The summed E-state index contributed by atoms with van der Waals surface area (Å²) in [5, 5.41) is 9.05. The molecule has 6 heteroatoms. The molecule has 0 saturated carbocycles. The molecule has 0 aliphatic rings. The van der Waals surface area contributed by atoms with Crippen molar-refractivity contribution < 1.29 is 9.90 Å². The Morgan fingerprint density at radius 1 is 1.25 bits per heavy atom. The molecule has 1 atom stereocenters. The molecule has 1 aromatic heterocycles. The van der Waals surface area contributed by atoms with Crippen LogP contribution in [-0.4, -0.2) is 20.6 Å². The van der Waals surface area contributed by atoms with Gasteiger partial charge in [-0.3, -0.25) is 14.2 Å². The average Bonchev–Trinajstić information content (AvgIpc) is 2.38. The van der Waals surface area contributed by atoms with Gasteiger partial charge in [0.25, 0.3) is 0 Å². The molecule has 1 heterocycles. The third-order valence-electron chi connectivity index (χ3n) is 3.54. The van der Waals surface area contributed by atoms with E-state index in [2.05, 4.69) is 4.98 Å². The van der Waals surface area contributed by atoms with Crippen LogP contribution in [0, 0.1) is 5.92 Å². The lowest BCUT2D eigenvalue weighted by Crippen LogP contribution is -2.39. The standard InChI is InChI=1S/C14H16N2O4/c1-7(2)8(3)16-11-6-9(14(19)20)4-5-10(11)15-12(17)13(16)18/h4-8H,1-3H3,(H,15,17)(H,19,20). The third kappa shape index (κ3) is 2.24. The maximum absolute atomic E-state index is 12.1. The molecule has 6 nitrogen and oxygen atoms in total. The quantitative estimate of drug-likeness (QED) is 0.833. The maximum Gasteiger partial charge on any atom is 0.335 e. The fourth-order valence-electron chi connectivity index (χ4n) is 2.07. The molecule has 0 spiro atoms. The zero-order valence-corrected chi connectivity index (χ0v) is 11.5. The predicted octanol–water partition coefficient (Wildman–Crippen LogP) is 1.60. The van der Waals surface area contributed by atoms with E-state index < -0.39 is 17.1 Å². The van der Waals surface area contributed by atoms with Gasteiger partial charge in [-0.1, -0.05) is 13.8 Å². The van der Waals surface area contributed by atoms with E-state index in [1.165, 1.54) is 22.8 Å². The summed E-state index contributed by atoms with van der Waals surface area (Å²) in [5.74, 6) is -0.944. The Kier molecular flexibility index (Phi) is 3.48. The van der Waals surface area contributed by atoms with Gasteiger partial charge in [0.05, 0.1) is 16.6 Å². The Bertz CT molecular complexity index is 786. The average molecular weight is 276 g/mol. The maximum atomic E-state index is 12.1. The summed E-state index contributed by atoms with van der Waals surface area (Å²) in [6.45, 7) is 5.70. The number of nitrogens with one attached hydrogen (secondary N) is 1. The van der Waals surface area contributed by atoms with Crippen molar-refractivity contribution in [2.24, 2.45) is 5.92 Å². The topological polar surface area (TPSA) is 92.2 Å². The Hall–Kier alpha value is -2.37. The molecule has 0 bridgehead atoms. The minimum absolute atomic E-state index is 0.0775. The van der Waals surface area contributed by atoms with Crippen LogP contribution in [0.25, 0.3) is 11.0 Å². The number of fused-ring (bicyclic) bond motifs is 1. The molecule has 1 unspecified atom stereocenters. The summed E-state index contributed by atoms with van der Waals surface area (Å²) in [6.07, 6.45) is 0. The van der Waals surface area contributed by atoms with E-state index in [9.17, 15) is 14.4 Å². The molecule has 2 aromatic rings. The van der Waals surface area contributed by atoms with Crippen LogP contribution in [-0.2, 0) is 0 Å². The summed E-state index contributed by atoms with van der Waals surface area (Å²) < 4.78 is 1.37. The first-order valence-electron chi connectivity index (χ1n) is 6.34. The van der Waals surface area contributed by atoms with Gasteiger partial charge in [-0.25, -0.2) is 4.79 Å². The fraction of sp³-hybridized carbons (Fsp3) is 0.357. The van der Waals surface area contributed by atoms with Crippen LogP contribution in [0.3, 0.4) is 0 Å². The van der Waals surface area contributed by atoms with Crippen molar-refractivity contribution in [2.45, 2.75) is 26.8 Å². The Morgan fingerprint density at radius 2 is 1.90 bits per heavy atom. The van der Waals surface area contributed by atoms with E-state index >= 15 is 0 Å². The molecule has 0 aliphatic heterocycles. The van der Waals surface area contributed by atoms with Gasteiger partial charge in [0.15, 0.2) is 0 Å². The summed E-state index contributed by atoms with van der Waals surface area (Å²) in [6, 6.07) is 4.10. The number of benzene rings is 1. The Balaban J connectivity index is 2.90. The summed E-state index contributed by atoms with van der Waals surface area (Å²) in [7, 11) is 0. The van der Waals surface area contributed by atoms with Crippen LogP contribution in [0.4, 0.5) is 0 Å². The van der Waals surface area contributed by atoms with Crippen molar-refractivity contribution in [3.63, 3.8) is 0 Å². The number of carbonyl (C=O) groups is 1. The van der Waals surface area contributed by atoms with Gasteiger partial charge in [-0.15, -0.1) is 0 Å². The van der Waals surface area contributed by atoms with Crippen molar-refractivity contribution >= 4 is 17.0 Å². The van der Waals surface area contributed by atoms with Crippen molar-refractivity contribution in [1.82, 2.24) is 9.55 Å². The van der Waals surface area contributed by atoms with E-state index in [1.807, 2.05) is 20.8 Å². The number of carboxylic acid groups (broad SMARTS) is 1. The van der Waals surface area contributed by atoms with Crippen molar-refractivity contribution in [3.05, 3.63) is 44.5 Å². The fourth-order valence-corrected chi connectivity index (χ4v) is 2.07. The molecule has 0 radical (unpaired) electrons. The van der Waals surface area contributed by atoms with Crippen molar-refractivity contribution in [3.8, 4) is 0 Å². The number of carboxylic acids is 1. The highest BCUT2D eigenvalue weighted by molar-refractivity contribution is 5.92. The molecular formula is C14H16N2O4. The van der Waals surface area contributed by atoms with E-state index in [0.717, 1.165) is 0 Å². The zero-order chi connectivity index (χ0) is 15.0. The monoisotopic (exact) mass is 276 g/mol. The van der Waals surface area contributed by atoms with Crippen LogP contribution in [0.2, 0.25) is 0 Å². The lowest BCUT2D eigenvalue weighted by molar-refractivity contribution is 0.0697. The first-order chi connectivity index (χ1) is 9.32. The second-order valence-corrected chi connectivity index (χ2v) is 5.15. The molecule has 0 fully saturated rings. The van der Waals surface area contributed by atoms with E-state index in [1.54, 1.807) is 0 Å². The normalized spacial score (nSPS) is 12.8. The predicted molar refractivity (Wildman–Crippen MR) is 75.3 cm³/mol. The number of aromatic nitrogens is 2. The van der Waals surface area contributed by atoms with Gasteiger partial charge in [0.1, 0.15) is 0 Å². The summed E-state index contributed by atoms with van der Waals surface area (Å²) in [4.78, 5) is 37.3. The molecule has 0 amide bonds. The second kappa shape index (κ2) is 4.96. The largest absolute Gasteiger partial charge is 0.478 e. The number of hydrogen-bond donors (Lipinski definition) is 2. The first kappa shape index (κ1) is 14.0. The molecule has 0 aliphatic carbocycles. The highest BCUT2D eigenvalue weighted by atomic mass is 16.4. The van der Waals surface area contributed by atoms with E-state index in [4.69, 9.17) is 5.11 Å². The molecule has 0 saturated heterocycles. The molecule has 20 heavy (non-hydrogen) atoms. The van der Waals surface area contributed by atoms with Crippen LogP contribution in [0.5, 0.6) is 0 Å². The van der Waals surface area contributed by atoms with E-state index in [0.29, 0.717) is 11.0 Å². The summed E-state index contributed by atoms with van der Waals surface area (Å²) >= 11 is 0. The van der Waals surface area contributed by atoms with E-state index in [-0.39, 0.29) is 17.5 Å². The lowest BCUT2D eigenvalue weighted by atomic mass is 10.1. The minimum Gasteiger partial charge on any atom is -0.478 e. The SMILES string of the molecule is CC(C)C(C)n1c(=O)c(=O)[nH]c2ccc(C(=O)O)cc21. The smallest absolute Gasteiger partial charge is 0.335 e. The van der Waals surface area contributed by atoms with Gasteiger partial charge in [-0.2, -0.15) is 0 Å². The molecular weight excluding hydrogens is 260 g/mol. The van der Waals surface area contributed by atoms with Gasteiger partial charge >= 0.3 is 17.1 Å². The molecule has 2 N–H and O–H groups in total. The number of aromatic carboxylic acids is 1. The number of nitrogens with zero attached hydrogens (tertiary/aromatic N) is 1. The number of H-pyrrole nitrogens is 1. The molecule has 106 valence electrons. The van der Waals surface area contributed by atoms with Gasteiger partial charge in [0.2, 0.25) is 0 Å². The number of aromatic amines is 1. The molecule has 2 rings (SSSR count). The first-order valence-corrected chi connectivity index (χ1v) is 6.34. The highest BCUT2D eigenvalue weighted by Crippen LogP contribution is 2.20. The van der Waals surface area contributed by atoms with Gasteiger partial charge in [0, 0.05) is 6.04 Å². The van der Waals surface area contributed by atoms with Gasteiger partial charge < -0.3 is 10.1 Å². The van der Waals surface area contributed by atoms with Crippen LogP contribution in [0.15, 0.2) is 27.8 Å². The second-order valence-electron chi connectivity index (χ2n) is 5.15. The van der Waals surface area contributed by atoms with Crippen LogP contribution in [0.1, 0.15) is 37.2 Å². The minimum atomic E-state index is -1.07. The van der Waals surface area contributed by atoms with Crippen molar-refractivity contribution in [1.29, 1.82) is 0 Å². The third-order valence-corrected chi connectivity index (χ3v) is 3.54. The Labute approximate surface area is 114 Å². The highest BCUT2D eigenvalue weighted by Gasteiger charge is 2.17. The number of rotatable bonds is 3. The summed E-state index contributed by atoms with van der Waals surface area (Å²) in [5.41, 5.74) is -0.411. The molecule has 1 aromatic carbocycles. The van der Waals surface area contributed by atoms with Crippen LogP contribution >= 0.6 is 0 Å². The van der Waals surface area contributed by atoms with Crippen molar-refractivity contribution in [2.75, 3.05) is 0 Å². The zero-order valence-electron chi connectivity index (χ0n) is 11.5. The lowest BCUT2D eigenvalue weighted by Gasteiger charge is -2.20. The van der Waals surface area contributed by atoms with Gasteiger partial charge in [-0.05, 0) is 31.0 Å². The number of hydrogen-bond acceptors (Lipinski definition) is 3. The Morgan fingerprint density at radius 3 is 2.45 bits per heavy atom.